The molecule has 0 fully saturated rings. The highest BCUT2D eigenvalue weighted by Crippen LogP contribution is 2.44. The molecule has 0 unspecified atom stereocenters. The molecule has 3 rings (SSSR count). The van der Waals surface area contributed by atoms with Gasteiger partial charge in [0.15, 0.2) is 5.78 Å². The van der Waals surface area contributed by atoms with Gasteiger partial charge in [-0.05, 0) is 30.9 Å². The number of aliphatic hydroxyl groups excluding tert-OH is 1. The Bertz CT molecular complexity index is 633. The fraction of sp³-hybridized carbons (Fsp3) is 0.278. The molecule has 0 spiro atoms. The van der Waals surface area contributed by atoms with Crippen molar-refractivity contribution in [1.82, 2.24) is 0 Å². The molecule has 1 aliphatic carbocycles. The molecule has 0 heterocycles. The van der Waals surface area contributed by atoms with Crippen LogP contribution in [-0.4, -0.2) is 10.9 Å². The van der Waals surface area contributed by atoms with Crippen molar-refractivity contribution in [2.75, 3.05) is 0 Å². The second kappa shape index (κ2) is 4.88. The van der Waals surface area contributed by atoms with Gasteiger partial charge in [0, 0.05) is 5.56 Å². The van der Waals surface area contributed by atoms with Gasteiger partial charge in [-0.2, -0.15) is 0 Å². The van der Waals surface area contributed by atoms with Gasteiger partial charge in [0.2, 0.25) is 0 Å². The highest BCUT2D eigenvalue weighted by molar-refractivity contribution is 6.03. The van der Waals surface area contributed by atoms with Crippen molar-refractivity contribution in [3.8, 4) is 0 Å². The van der Waals surface area contributed by atoms with Gasteiger partial charge < -0.3 is 5.11 Å². The molecule has 0 radical (unpaired) electrons. The average molecular weight is 266 g/mol. The van der Waals surface area contributed by atoms with Crippen LogP contribution in [0.5, 0.6) is 0 Å². The molecule has 2 aromatic carbocycles. The highest BCUT2D eigenvalue weighted by Gasteiger charge is 2.44. The Balaban J connectivity index is 2.00. The van der Waals surface area contributed by atoms with E-state index in [-0.39, 0.29) is 5.78 Å². The molecule has 0 saturated heterocycles. The van der Waals surface area contributed by atoms with Crippen LogP contribution in [0.1, 0.15) is 40.9 Å². The second-order valence-electron chi connectivity index (χ2n) is 5.72. The minimum Gasteiger partial charge on any atom is -0.387 e. The standard InChI is InChI=1S/C18H18O2/c1-18(16(19)14-8-3-2-4-9-14)12-11-13-7-5-6-10-15(13)17(18)20/h2-10,16,19H,11-12H2,1H3/t16-,18+/m1/s1. The average Bonchev–Trinajstić information content (AvgIpc) is 2.51. The van der Waals surface area contributed by atoms with E-state index in [1.54, 1.807) is 0 Å². The molecule has 0 amide bonds. The molecule has 2 nitrogen and oxygen atoms in total. The zero-order valence-electron chi connectivity index (χ0n) is 11.5. The SMILES string of the molecule is C[C@@]1([C@H](O)c2ccccc2)CCc2ccccc2C1=O. The van der Waals surface area contributed by atoms with E-state index in [1.165, 1.54) is 0 Å². The lowest BCUT2D eigenvalue weighted by molar-refractivity contribution is 0.0248. The molecule has 0 saturated carbocycles. The van der Waals surface area contributed by atoms with Crippen molar-refractivity contribution in [2.24, 2.45) is 5.41 Å². The van der Waals surface area contributed by atoms with Crippen LogP contribution >= 0.6 is 0 Å². The summed E-state index contributed by atoms with van der Waals surface area (Å²) in [5.74, 6) is 0.0516. The molecule has 2 atom stereocenters. The highest BCUT2D eigenvalue weighted by atomic mass is 16.3. The van der Waals surface area contributed by atoms with Gasteiger partial charge in [-0.1, -0.05) is 54.6 Å². The van der Waals surface area contributed by atoms with Crippen LogP contribution in [0.25, 0.3) is 0 Å². The molecular weight excluding hydrogens is 248 g/mol. The molecule has 102 valence electrons. The van der Waals surface area contributed by atoms with E-state index < -0.39 is 11.5 Å². The number of Topliss-reactive ketones (excluding diaryl/α,β-unsaturated/α-hetero) is 1. The predicted molar refractivity (Wildman–Crippen MR) is 78.6 cm³/mol. The summed E-state index contributed by atoms with van der Waals surface area (Å²) in [6, 6.07) is 17.2. The lowest BCUT2D eigenvalue weighted by Crippen LogP contribution is -2.38. The van der Waals surface area contributed by atoms with Crippen LogP contribution in [-0.2, 0) is 6.42 Å². The van der Waals surface area contributed by atoms with Crippen LogP contribution in [0.4, 0.5) is 0 Å². The molecule has 0 aromatic heterocycles. The van der Waals surface area contributed by atoms with Crippen molar-refractivity contribution in [3.63, 3.8) is 0 Å². The van der Waals surface area contributed by atoms with E-state index in [1.807, 2.05) is 61.5 Å². The number of aliphatic hydroxyl groups is 1. The number of hydrogen-bond acceptors (Lipinski definition) is 2. The van der Waals surface area contributed by atoms with Gasteiger partial charge in [0.1, 0.15) is 0 Å². The Labute approximate surface area is 119 Å². The monoisotopic (exact) mass is 266 g/mol. The van der Waals surface area contributed by atoms with E-state index >= 15 is 0 Å². The Kier molecular flexibility index (Phi) is 3.19. The smallest absolute Gasteiger partial charge is 0.171 e. The fourth-order valence-corrected chi connectivity index (χ4v) is 3.04. The van der Waals surface area contributed by atoms with Crippen molar-refractivity contribution in [3.05, 3.63) is 71.3 Å². The second-order valence-corrected chi connectivity index (χ2v) is 5.72. The van der Waals surface area contributed by atoms with Crippen molar-refractivity contribution in [1.29, 1.82) is 0 Å². The summed E-state index contributed by atoms with van der Waals surface area (Å²) in [5, 5.41) is 10.7. The number of carbonyl (C=O) groups is 1. The lowest BCUT2D eigenvalue weighted by atomic mass is 9.67. The minimum atomic E-state index is -0.760. The van der Waals surface area contributed by atoms with Gasteiger partial charge in [-0.15, -0.1) is 0 Å². The minimum absolute atomic E-state index is 0.0516. The van der Waals surface area contributed by atoms with E-state index in [0.717, 1.165) is 23.1 Å². The number of ketones is 1. The van der Waals surface area contributed by atoms with Crippen LogP contribution in [0.3, 0.4) is 0 Å². The van der Waals surface area contributed by atoms with Crippen molar-refractivity contribution < 1.29 is 9.90 Å². The topological polar surface area (TPSA) is 37.3 Å². The maximum Gasteiger partial charge on any atom is 0.171 e. The molecule has 20 heavy (non-hydrogen) atoms. The summed E-state index contributed by atoms with van der Waals surface area (Å²) >= 11 is 0. The first-order valence-electron chi connectivity index (χ1n) is 6.98. The van der Waals surface area contributed by atoms with E-state index in [9.17, 15) is 9.90 Å². The number of benzene rings is 2. The number of hydrogen-bond donors (Lipinski definition) is 1. The third-order valence-corrected chi connectivity index (χ3v) is 4.41. The van der Waals surface area contributed by atoms with Crippen molar-refractivity contribution in [2.45, 2.75) is 25.9 Å². The molecule has 2 heteroatoms. The summed E-state index contributed by atoms with van der Waals surface area (Å²) in [4.78, 5) is 12.8. The third-order valence-electron chi connectivity index (χ3n) is 4.41. The summed E-state index contributed by atoms with van der Waals surface area (Å²) in [6.07, 6.45) is 0.755. The van der Waals surface area contributed by atoms with Gasteiger partial charge in [-0.25, -0.2) is 0 Å². The largest absolute Gasteiger partial charge is 0.387 e. The van der Waals surface area contributed by atoms with Crippen LogP contribution in [0.2, 0.25) is 0 Å². The van der Waals surface area contributed by atoms with Gasteiger partial charge in [0.25, 0.3) is 0 Å². The van der Waals surface area contributed by atoms with E-state index in [4.69, 9.17) is 0 Å². The molecule has 0 aliphatic heterocycles. The Morgan fingerprint density at radius 2 is 1.70 bits per heavy atom. The summed E-state index contributed by atoms with van der Waals surface area (Å²) in [6.45, 7) is 1.88. The third kappa shape index (κ3) is 1.97. The van der Waals surface area contributed by atoms with Gasteiger partial charge in [-0.3, -0.25) is 4.79 Å². The van der Waals surface area contributed by atoms with Gasteiger partial charge in [0.05, 0.1) is 11.5 Å². The van der Waals surface area contributed by atoms with Crippen LogP contribution < -0.4 is 0 Å². The molecule has 1 aliphatic rings. The summed E-state index contributed by atoms with van der Waals surface area (Å²) < 4.78 is 0. The molecule has 2 aromatic rings. The van der Waals surface area contributed by atoms with Crippen LogP contribution in [0, 0.1) is 5.41 Å². The summed E-state index contributed by atoms with van der Waals surface area (Å²) in [5.41, 5.74) is 1.92. The maximum absolute atomic E-state index is 12.8. The van der Waals surface area contributed by atoms with E-state index in [0.29, 0.717) is 6.42 Å². The first-order valence-corrected chi connectivity index (χ1v) is 6.98. The van der Waals surface area contributed by atoms with Crippen LogP contribution in [0.15, 0.2) is 54.6 Å². The number of aryl methyl sites for hydroxylation is 1. The maximum atomic E-state index is 12.8. The molecule has 0 bridgehead atoms. The lowest BCUT2D eigenvalue weighted by Gasteiger charge is -2.37. The summed E-state index contributed by atoms with van der Waals surface area (Å²) in [7, 11) is 0. The molecular formula is C18H18O2. The number of carbonyl (C=O) groups excluding carboxylic acids is 1. The fourth-order valence-electron chi connectivity index (χ4n) is 3.04. The first kappa shape index (κ1) is 13.1. The van der Waals surface area contributed by atoms with Gasteiger partial charge >= 0.3 is 0 Å². The number of rotatable bonds is 2. The zero-order valence-corrected chi connectivity index (χ0v) is 11.5. The van der Waals surface area contributed by atoms with E-state index in [2.05, 4.69) is 0 Å². The Morgan fingerprint density at radius 3 is 2.45 bits per heavy atom. The normalized spacial score (nSPS) is 23.2. The predicted octanol–water partition coefficient (Wildman–Crippen LogP) is 3.56. The molecule has 1 N–H and O–H groups in total. The first-order chi connectivity index (χ1) is 9.63. The zero-order chi connectivity index (χ0) is 14.2. The van der Waals surface area contributed by atoms with Crippen molar-refractivity contribution >= 4 is 5.78 Å². The quantitative estimate of drug-likeness (QED) is 0.902. The Hall–Kier alpha value is -1.93. The number of fused-ring (bicyclic) bond motifs is 1. The Morgan fingerprint density at radius 1 is 1.05 bits per heavy atom.